The van der Waals surface area contributed by atoms with Gasteiger partial charge in [-0.05, 0) is 42.0 Å². The number of carbonyl (C=O) groups excluding carboxylic acids is 1. The van der Waals surface area contributed by atoms with Crippen LogP contribution in [-0.2, 0) is 10.5 Å². The van der Waals surface area contributed by atoms with Gasteiger partial charge < -0.3 is 5.32 Å². The first-order valence-electron chi connectivity index (χ1n) is 6.51. The molecule has 0 unspecified atom stereocenters. The molecule has 0 saturated heterocycles. The molecule has 2 aromatic rings. The summed E-state index contributed by atoms with van der Waals surface area (Å²) in [5.41, 5.74) is 1.98. The second-order valence-corrected chi connectivity index (χ2v) is 6.46. The van der Waals surface area contributed by atoms with Gasteiger partial charge >= 0.3 is 0 Å². The van der Waals surface area contributed by atoms with Crippen LogP contribution in [0, 0.1) is 0 Å². The first kappa shape index (κ1) is 16.2. The second-order valence-electron chi connectivity index (χ2n) is 4.48. The Morgan fingerprint density at radius 1 is 0.952 bits per heavy atom. The van der Waals surface area contributed by atoms with Crippen LogP contribution < -0.4 is 5.32 Å². The minimum atomic E-state index is 0.0147. The number of anilines is 1. The van der Waals surface area contributed by atoms with Crippen LogP contribution in [0.2, 0.25) is 10.0 Å². The summed E-state index contributed by atoms with van der Waals surface area (Å²) < 4.78 is 0. The molecule has 0 aliphatic heterocycles. The average molecular weight is 340 g/mol. The van der Waals surface area contributed by atoms with E-state index in [1.54, 1.807) is 36.0 Å². The number of nitrogens with one attached hydrogen (secondary N) is 1. The van der Waals surface area contributed by atoms with Crippen LogP contribution in [0.1, 0.15) is 12.0 Å². The molecule has 0 bridgehead atoms. The fourth-order valence-corrected chi connectivity index (χ4v) is 2.85. The van der Waals surface area contributed by atoms with Gasteiger partial charge in [-0.1, -0.05) is 35.3 Å². The molecular formula is C16H15Cl2NOS. The van der Waals surface area contributed by atoms with Crippen LogP contribution in [0.25, 0.3) is 0 Å². The topological polar surface area (TPSA) is 29.1 Å². The van der Waals surface area contributed by atoms with Gasteiger partial charge in [0.1, 0.15) is 0 Å². The Kier molecular flexibility index (Phi) is 6.43. The van der Waals surface area contributed by atoms with Crippen LogP contribution in [-0.4, -0.2) is 11.7 Å². The highest BCUT2D eigenvalue weighted by Gasteiger charge is 2.03. The van der Waals surface area contributed by atoms with Crippen molar-refractivity contribution in [2.24, 2.45) is 0 Å². The van der Waals surface area contributed by atoms with Crippen LogP contribution in [0.15, 0.2) is 48.5 Å². The monoisotopic (exact) mass is 339 g/mol. The van der Waals surface area contributed by atoms with E-state index in [-0.39, 0.29) is 5.91 Å². The van der Waals surface area contributed by atoms with Gasteiger partial charge in [0.05, 0.1) is 0 Å². The van der Waals surface area contributed by atoms with Gasteiger partial charge in [0.25, 0.3) is 0 Å². The second kappa shape index (κ2) is 8.32. The highest BCUT2D eigenvalue weighted by atomic mass is 35.5. The van der Waals surface area contributed by atoms with Crippen LogP contribution in [0.5, 0.6) is 0 Å². The van der Waals surface area contributed by atoms with E-state index in [1.165, 1.54) is 5.56 Å². The van der Waals surface area contributed by atoms with Crippen LogP contribution >= 0.6 is 35.0 Å². The lowest BCUT2D eigenvalue weighted by Gasteiger charge is -2.05. The standard InChI is InChI=1S/C16H15Cl2NOS/c17-13-3-1-12(2-4-13)11-21-10-9-16(20)19-15-7-5-14(18)6-8-15/h1-8H,9-11H2,(H,19,20). The molecule has 0 heterocycles. The zero-order valence-corrected chi connectivity index (χ0v) is 13.6. The normalized spacial score (nSPS) is 10.4. The molecule has 21 heavy (non-hydrogen) atoms. The van der Waals surface area contributed by atoms with Crippen molar-refractivity contribution in [3.05, 3.63) is 64.1 Å². The first-order valence-corrected chi connectivity index (χ1v) is 8.42. The number of thioether (sulfide) groups is 1. The smallest absolute Gasteiger partial charge is 0.225 e. The molecule has 0 atom stereocenters. The summed E-state index contributed by atoms with van der Waals surface area (Å²) in [5.74, 6) is 1.67. The lowest BCUT2D eigenvalue weighted by atomic mass is 10.2. The zero-order chi connectivity index (χ0) is 15.1. The van der Waals surface area contributed by atoms with Crippen molar-refractivity contribution in [2.75, 3.05) is 11.1 Å². The average Bonchev–Trinajstić information content (AvgIpc) is 2.48. The van der Waals surface area contributed by atoms with Crippen molar-refractivity contribution in [1.82, 2.24) is 0 Å². The van der Waals surface area contributed by atoms with E-state index in [1.807, 2.05) is 24.3 Å². The minimum absolute atomic E-state index is 0.0147. The van der Waals surface area contributed by atoms with E-state index in [0.717, 1.165) is 22.2 Å². The van der Waals surface area contributed by atoms with E-state index >= 15 is 0 Å². The molecule has 2 aromatic carbocycles. The summed E-state index contributed by atoms with van der Waals surface area (Å²) in [7, 11) is 0. The molecule has 0 aromatic heterocycles. The number of benzene rings is 2. The van der Waals surface area contributed by atoms with Gasteiger partial charge in [-0.3, -0.25) is 4.79 Å². The third-order valence-corrected chi connectivity index (χ3v) is 4.32. The molecule has 1 amide bonds. The summed E-state index contributed by atoms with van der Waals surface area (Å²) in [6, 6.07) is 14.9. The van der Waals surface area contributed by atoms with E-state index in [4.69, 9.17) is 23.2 Å². The highest BCUT2D eigenvalue weighted by Crippen LogP contribution is 2.17. The molecule has 1 N–H and O–H groups in total. The molecule has 110 valence electrons. The van der Waals surface area contributed by atoms with Crippen molar-refractivity contribution in [3.8, 4) is 0 Å². The fourth-order valence-electron chi connectivity index (χ4n) is 1.69. The van der Waals surface area contributed by atoms with Crippen LogP contribution in [0.4, 0.5) is 5.69 Å². The Balaban J connectivity index is 1.67. The molecule has 0 aliphatic carbocycles. The third-order valence-electron chi connectivity index (χ3n) is 2.78. The number of hydrogen-bond donors (Lipinski definition) is 1. The van der Waals surface area contributed by atoms with Crippen molar-refractivity contribution in [2.45, 2.75) is 12.2 Å². The Hall–Kier alpha value is -1.16. The van der Waals surface area contributed by atoms with E-state index in [9.17, 15) is 4.79 Å². The number of carbonyl (C=O) groups is 1. The third kappa shape index (κ3) is 6.00. The molecule has 0 radical (unpaired) electrons. The van der Waals surface area contributed by atoms with Gasteiger partial charge in [-0.2, -0.15) is 11.8 Å². The number of amides is 1. The molecule has 0 saturated carbocycles. The Morgan fingerprint density at radius 2 is 1.52 bits per heavy atom. The molecular weight excluding hydrogens is 325 g/mol. The van der Waals surface area contributed by atoms with Crippen LogP contribution in [0.3, 0.4) is 0 Å². The van der Waals surface area contributed by atoms with Crippen molar-refractivity contribution >= 4 is 46.6 Å². The molecule has 2 rings (SSSR count). The molecule has 0 spiro atoms. The van der Waals surface area contributed by atoms with Crippen molar-refractivity contribution < 1.29 is 4.79 Å². The van der Waals surface area contributed by atoms with E-state index in [2.05, 4.69) is 5.32 Å². The predicted octanol–water partition coefficient (Wildman–Crippen LogP) is 5.26. The molecule has 0 aliphatic rings. The van der Waals surface area contributed by atoms with Gasteiger partial charge in [0.2, 0.25) is 5.91 Å². The van der Waals surface area contributed by atoms with Gasteiger partial charge in [0.15, 0.2) is 0 Å². The van der Waals surface area contributed by atoms with E-state index < -0.39 is 0 Å². The fraction of sp³-hybridized carbons (Fsp3) is 0.188. The molecule has 0 fully saturated rings. The van der Waals surface area contributed by atoms with Crippen molar-refractivity contribution in [3.63, 3.8) is 0 Å². The largest absolute Gasteiger partial charge is 0.326 e. The maximum atomic E-state index is 11.8. The molecule has 5 heteroatoms. The number of hydrogen-bond acceptors (Lipinski definition) is 2. The quantitative estimate of drug-likeness (QED) is 0.727. The van der Waals surface area contributed by atoms with E-state index in [0.29, 0.717) is 11.4 Å². The van der Waals surface area contributed by atoms with Crippen molar-refractivity contribution in [1.29, 1.82) is 0 Å². The predicted molar refractivity (Wildman–Crippen MR) is 92.3 cm³/mol. The van der Waals surface area contributed by atoms with Gasteiger partial charge in [0, 0.05) is 33.7 Å². The highest BCUT2D eigenvalue weighted by molar-refractivity contribution is 7.98. The molecule has 2 nitrogen and oxygen atoms in total. The first-order chi connectivity index (χ1) is 10.1. The SMILES string of the molecule is O=C(CCSCc1ccc(Cl)cc1)Nc1ccc(Cl)cc1. The Labute approximate surface area is 138 Å². The van der Waals surface area contributed by atoms with Gasteiger partial charge in [-0.15, -0.1) is 0 Å². The lowest BCUT2D eigenvalue weighted by molar-refractivity contribution is -0.115. The lowest BCUT2D eigenvalue weighted by Crippen LogP contribution is -2.12. The maximum absolute atomic E-state index is 11.8. The zero-order valence-electron chi connectivity index (χ0n) is 11.3. The summed E-state index contributed by atoms with van der Waals surface area (Å²) in [6.07, 6.45) is 0.487. The summed E-state index contributed by atoms with van der Waals surface area (Å²) in [6.45, 7) is 0. The van der Waals surface area contributed by atoms with Gasteiger partial charge in [-0.25, -0.2) is 0 Å². The Morgan fingerprint density at radius 3 is 2.14 bits per heavy atom. The maximum Gasteiger partial charge on any atom is 0.225 e. The Bertz CT molecular complexity index is 584. The summed E-state index contributed by atoms with van der Waals surface area (Å²) in [4.78, 5) is 11.8. The number of rotatable bonds is 6. The summed E-state index contributed by atoms with van der Waals surface area (Å²) in [5, 5.41) is 4.25. The summed E-state index contributed by atoms with van der Waals surface area (Å²) >= 11 is 13.4. The minimum Gasteiger partial charge on any atom is -0.326 e. The number of halogens is 2.